The minimum absolute atomic E-state index is 0.0755. The van der Waals surface area contributed by atoms with Gasteiger partial charge in [-0.2, -0.15) is 0 Å². The lowest BCUT2D eigenvalue weighted by Gasteiger charge is -2.10. The molecule has 0 atom stereocenters. The maximum absolute atomic E-state index is 12.0. The fourth-order valence-corrected chi connectivity index (χ4v) is 2.06. The number of ether oxygens (including phenoxy) is 1. The molecular formula is C17H20N2O2. The number of aryl methyl sites for hydroxylation is 2. The number of anilines is 1. The predicted molar refractivity (Wildman–Crippen MR) is 84.6 cm³/mol. The van der Waals surface area contributed by atoms with Gasteiger partial charge in [0.25, 0.3) is 5.91 Å². The Kier molecular flexibility index (Phi) is 4.82. The molecule has 0 heterocycles. The van der Waals surface area contributed by atoms with Gasteiger partial charge >= 0.3 is 0 Å². The van der Waals surface area contributed by atoms with E-state index < -0.39 is 0 Å². The highest BCUT2D eigenvalue weighted by molar-refractivity contribution is 5.95. The zero-order chi connectivity index (χ0) is 15.2. The van der Waals surface area contributed by atoms with E-state index in [0.717, 1.165) is 16.9 Å². The molecule has 110 valence electrons. The van der Waals surface area contributed by atoms with Crippen molar-refractivity contribution in [3.05, 3.63) is 59.2 Å². The van der Waals surface area contributed by atoms with Gasteiger partial charge in [0.2, 0.25) is 0 Å². The maximum atomic E-state index is 12.0. The van der Waals surface area contributed by atoms with Crippen LogP contribution in [0.5, 0.6) is 5.75 Å². The van der Waals surface area contributed by atoms with Gasteiger partial charge in [0, 0.05) is 11.3 Å². The van der Waals surface area contributed by atoms with Gasteiger partial charge in [0.15, 0.2) is 0 Å². The molecule has 0 saturated heterocycles. The van der Waals surface area contributed by atoms with Crippen molar-refractivity contribution in [2.45, 2.75) is 13.8 Å². The molecule has 4 heteroatoms. The van der Waals surface area contributed by atoms with Crippen molar-refractivity contribution in [3.8, 4) is 5.75 Å². The summed E-state index contributed by atoms with van der Waals surface area (Å²) < 4.78 is 5.53. The number of hydrogen-bond donors (Lipinski definition) is 2. The average Bonchev–Trinajstić information content (AvgIpc) is 2.45. The van der Waals surface area contributed by atoms with E-state index in [9.17, 15) is 4.79 Å². The quantitative estimate of drug-likeness (QED) is 0.655. The van der Waals surface area contributed by atoms with Crippen LogP contribution < -0.4 is 15.8 Å². The Labute approximate surface area is 124 Å². The van der Waals surface area contributed by atoms with E-state index in [1.165, 1.54) is 0 Å². The summed E-state index contributed by atoms with van der Waals surface area (Å²) >= 11 is 0. The SMILES string of the molecule is Cc1ccc(C(=O)NCCOc2ccc(N)cc2)c(C)c1. The molecule has 0 unspecified atom stereocenters. The maximum Gasteiger partial charge on any atom is 0.251 e. The van der Waals surface area contributed by atoms with Crippen LogP contribution in [0.4, 0.5) is 5.69 Å². The van der Waals surface area contributed by atoms with Gasteiger partial charge in [-0.15, -0.1) is 0 Å². The Morgan fingerprint density at radius 3 is 2.52 bits per heavy atom. The highest BCUT2D eigenvalue weighted by Crippen LogP contribution is 2.13. The minimum Gasteiger partial charge on any atom is -0.492 e. The molecule has 21 heavy (non-hydrogen) atoms. The minimum atomic E-state index is -0.0755. The van der Waals surface area contributed by atoms with Crippen LogP contribution in [-0.2, 0) is 0 Å². The van der Waals surface area contributed by atoms with E-state index >= 15 is 0 Å². The smallest absolute Gasteiger partial charge is 0.251 e. The van der Waals surface area contributed by atoms with Gasteiger partial charge < -0.3 is 15.8 Å². The average molecular weight is 284 g/mol. The van der Waals surface area contributed by atoms with Gasteiger partial charge in [-0.25, -0.2) is 0 Å². The summed E-state index contributed by atoms with van der Waals surface area (Å²) in [5.41, 5.74) is 9.13. The van der Waals surface area contributed by atoms with Crippen molar-refractivity contribution in [2.75, 3.05) is 18.9 Å². The molecular weight excluding hydrogens is 264 g/mol. The summed E-state index contributed by atoms with van der Waals surface area (Å²) in [6.45, 7) is 4.82. The third-order valence-corrected chi connectivity index (χ3v) is 3.16. The first-order valence-electron chi connectivity index (χ1n) is 6.90. The first-order chi connectivity index (χ1) is 10.1. The third-order valence-electron chi connectivity index (χ3n) is 3.16. The van der Waals surface area contributed by atoms with E-state index in [-0.39, 0.29) is 5.91 Å². The van der Waals surface area contributed by atoms with Crippen molar-refractivity contribution in [3.63, 3.8) is 0 Å². The number of rotatable bonds is 5. The largest absolute Gasteiger partial charge is 0.492 e. The molecule has 2 aromatic rings. The lowest BCUT2D eigenvalue weighted by Crippen LogP contribution is -2.28. The molecule has 0 bridgehead atoms. The lowest BCUT2D eigenvalue weighted by atomic mass is 10.1. The number of benzene rings is 2. The number of nitrogens with one attached hydrogen (secondary N) is 1. The molecule has 0 spiro atoms. The fraction of sp³-hybridized carbons (Fsp3) is 0.235. The van der Waals surface area contributed by atoms with Gasteiger partial charge in [-0.3, -0.25) is 4.79 Å². The molecule has 0 radical (unpaired) electrons. The molecule has 4 nitrogen and oxygen atoms in total. The van der Waals surface area contributed by atoms with Crippen LogP contribution in [0.1, 0.15) is 21.5 Å². The highest BCUT2D eigenvalue weighted by atomic mass is 16.5. The van der Waals surface area contributed by atoms with E-state index in [2.05, 4.69) is 5.32 Å². The summed E-state index contributed by atoms with van der Waals surface area (Å²) in [4.78, 5) is 12.0. The van der Waals surface area contributed by atoms with E-state index in [1.54, 1.807) is 24.3 Å². The van der Waals surface area contributed by atoms with Gasteiger partial charge in [-0.1, -0.05) is 17.7 Å². The number of hydrogen-bond acceptors (Lipinski definition) is 3. The number of nitrogens with two attached hydrogens (primary N) is 1. The zero-order valence-corrected chi connectivity index (χ0v) is 12.3. The summed E-state index contributed by atoms with van der Waals surface area (Å²) in [5, 5.41) is 2.85. The monoisotopic (exact) mass is 284 g/mol. The van der Waals surface area contributed by atoms with Crippen LogP contribution in [-0.4, -0.2) is 19.1 Å². The Morgan fingerprint density at radius 1 is 1.14 bits per heavy atom. The second-order valence-corrected chi connectivity index (χ2v) is 4.99. The molecule has 0 fully saturated rings. The number of amides is 1. The molecule has 0 aromatic heterocycles. The first kappa shape index (κ1) is 14.9. The van der Waals surface area contributed by atoms with Crippen molar-refractivity contribution >= 4 is 11.6 Å². The predicted octanol–water partition coefficient (Wildman–Crippen LogP) is 2.69. The summed E-state index contributed by atoms with van der Waals surface area (Å²) in [6, 6.07) is 13.0. The van der Waals surface area contributed by atoms with Crippen LogP contribution in [0.3, 0.4) is 0 Å². The van der Waals surface area contributed by atoms with Gasteiger partial charge in [0.05, 0.1) is 6.54 Å². The van der Waals surface area contributed by atoms with Crippen molar-refractivity contribution in [1.29, 1.82) is 0 Å². The molecule has 2 aromatic carbocycles. The van der Waals surface area contributed by atoms with Gasteiger partial charge in [-0.05, 0) is 49.7 Å². The zero-order valence-electron chi connectivity index (χ0n) is 12.3. The third kappa shape index (κ3) is 4.24. The second kappa shape index (κ2) is 6.79. The Bertz CT molecular complexity index is 621. The fourth-order valence-electron chi connectivity index (χ4n) is 2.06. The van der Waals surface area contributed by atoms with Crippen molar-refractivity contribution < 1.29 is 9.53 Å². The number of carbonyl (C=O) groups is 1. The lowest BCUT2D eigenvalue weighted by molar-refractivity contribution is 0.0946. The molecule has 0 aliphatic carbocycles. The standard InChI is InChI=1S/C17H20N2O2/c1-12-3-8-16(13(2)11-12)17(20)19-9-10-21-15-6-4-14(18)5-7-15/h3-8,11H,9-10,18H2,1-2H3,(H,19,20). The summed E-state index contributed by atoms with van der Waals surface area (Å²) in [7, 11) is 0. The van der Waals surface area contributed by atoms with E-state index in [1.807, 2.05) is 32.0 Å². The van der Waals surface area contributed by atoms with Crippen LogP contribution in [0.2, 0.25) is 0 Å². The first-order valence-corrected chi connectivity index (χ1v) is 6.90. The summed E-state index contributed by atoms with van der Waals surface area (Å²) in [6.07, 6.45) is 0. The van der Waals surface area contributed by atoms with Crippen LogP contribution in [0, 0.1) is 13.8 Å². The Hall–Kier alpha value is -2.49. The normalized spacial score (nSPS) is 10.2. The molecule has 3 N–H and O–H groups in total. The second-order valence-electron chi connectivity index (χ2n) is 4.99. The molecule has 0 aliphatic heterocycles. The van der Waals surface area contributed by atoms with Crippen LogP contribution in [0.15, 0.2) is 42.5 Å². The van der Waals surface area contributed by atoms with Crippen molar-refractivity contribution in [2.24, 2.45) is 0 Å². The van der Waals surface area contributed by atoms with Crippen molar-refractivity contribution in [1.82, 2.24) is 5.32 Å². The number of nitrogen functional groups attached to an aromatic ring is 1. The molecule has 0 saturated carbocycles. The van der Waals surface area contributed by atoms with E-state index in [4.69, 9.17) is 10.5 Å². The molecule has 2 rings (SSSR count). The van der Waals surface area contributed by atoms with Gasteiger partial charge in [0.1, 0.15) is 12.4 Å². The van der Waals surface area contributed by atoms with Crippen LogP contribution >= 0.6 is 0 Å². The van der Waals surface area contributed by atoms with Crippen LogP contribution in [0.25, 0.3) is 0 Å². The Balaban J connectivity index is 1.80. The molecule has 1 amide bonds. The Morgan fingerprint density at radius 2 is 1.86 bits per heavy atom. The topological polar surface area (TPSA) is 64.3 Å². The van der Waals surface area contributed by atoms with E-state index in [0.29, 0.717) is 24.4 Å². The highest BCUT2D eigenvalue weighted by Gasteiger charge is 2.08. The summed E-state index contributed by atoms with van der Waals surface area (Å²) in [5.74, 6) is 0.665. The molecule has 0 aliphatic rings. The number of carbonyl (C=O) groups excluding carboxylic acids is 1.